The summed E-state index contributed by atoms with van der Waals surface area (Å²) in [7, 11) is 0. The van der Waals surface area contributed by atoms with E-state index in [0.29, 0.717) is 24.1 Å². The number of aryl methyl sites for hydroxylation is 2. The Bertz CT molecular complexity index is 627. The van der Waals surface area contributed by atoms with Crippen molar-refractivity contribution >= 4 is 23.4 Å². The fraction of sp³-hybridized carbons (Fsp3) is 0.357. The molecule has 0 fully saturated rings. The molecular formula is C14H18N4O2S. The van der Waals surface area contributed by atoms with Crippen molar-refractivity contribution in [1.82, 2.24) is 10.2 Å². The third-order valence-electron chi connectivity index (χ3n) is 2.79. The maximum absolute atomic E-state index is 11.9. The van der Waals surface area contributed by atoms with Crippen LogP contribution in [0.15, 0.2) is 27.8 Å². The third-order valence-corrected chi connectivity index (χ3v) is 3.61. The van der Waals surface area contributed by atoms with E-state index in [0.717, 1.165) is 16.8 Å². The standard InChI is InChI=1S/C14H18N4O2S/c1-9-3-4-11(10(2)7-9)16-12(19)8-21-14-18-17-13(20-14)5-6-15/h3-4,7H,5-6,8,15H2,1-2H3,(H,16,19). The summed E-state index contributed by atoms with van der Waals surface area (Å²) in [4.78, 5) is 11.9. The van der Waals surface area contributed by atoms with Gasteiger partial charge < -0.3 is 15.5 Å². The van der Waals surface area contributed by atoms with Crippen LogP contribution in [0.3, 0.4) is 0 Å². The molecule has 0 aliphatic rings. The van der Waals surface area contributed by atoms with Crippen molar-refractivity contribution < 1.29 is 9.21 Å². The average molecular weight is 306 g/mol. The van der Waals surface area contributed by atoms with E-state index in [1.54, 1.807) is 0 Å². The van der Waals surface area contributed by atoms with Gasteiger partial charge in [0.2, 0.25) is 11.8 Å². The summed E-state index contributed by atoms with van der Waals surface area (Å²) in [5.74, 6) is 0.609. The first kappa shape index (κ1) is 15.5. The summed E-state index contributed by atoms with van der Waals surface area (Å²) >= 11 is 1.21. The van der Waals surface area contributed by atoms with Gasteiger partial charge in [-0.05, 0) is 25.5 Å². The van der Waals surface area contributed by atoms with Gasteiger partial charge in [0, 0.05) is 18.7 Å². The number of aromatic nitrogens is 2. The van der Waals surface area contributed by atoms with Gasteiger partial charge >= 0.3 is 0 Å². The first-order valence-corrected chi connectivity index (χ1v) is 7.59. The van der Waals surface area contributed by atoms with Crippen molar-refractivity contribution in [3.05, 3.63) is 35.2 Å². The van der Waals surface area contributed by atoms with E-state index in [2.05, 4.69) is 15.5 Å². The predicted molar refractivity (Wildman–Crippen MR) is 82.3 cm³/mol. The lowest BCUT2D eigenvalue weighted by molar-refractivity contribution is -0.113. The monoisotopic (exact) mass is 306 g/mol. The maximum atomic E-state index is 11.9. The Balaban J connectivity index is 1.86. The molecule has 0 aliphatic carbocycles. The Labute approximate surface area is 127 Å². The van der Waals surface area contributed by atoms with Gasteiger partial charge in [-0.15, -0.1) is 10.2 Å². The van der Waals surface area contributed by atoms with Crippen molar-refractivity contribution in [1.29, 1.82) is 0 Å². The second-order valence-electron chi connectivity index (χ2n) is 4.66. The molecule has 2 aromatic rings. The van der Waals surface area contributed by atoms with E-state index >= 15 is 0 Å². The normalized spacial score (nSPS) is 10.6. The molecule has 0 bridgehead atoms. The van der Waals surface area contributed by atoms with Gasteiger partial charge in [-0.2, -0.15) is 0 Å². The number of nitrogens with zero attached hydrogens (tertiary/aromatic N) is 2. The molecule has 0 aliphatic heterocycles. The fourth-order valence-corrected chi connectivity index (χ4v) is 2.37. The van der Waals surface area contributed by atoms with E-state index in [1.807, 2.05) is 32.0 Å². The summed E-state index contributed by atoms with van der Waals surface area (Å²) < 4.78 is 5.34. The summed E-state index contributed by atoms with van der Waals surface area (Å²) in [6.07, 6.45) is 0.544. The van der Waals surface area contributed by atoms with Gasteiger partial charge in [0.1, 0.15) is 0 Å². The Morgan fingerprint density at radius 2 is 2.19 bits per heavy atom. The highest BCUT2D eigenvalue weighted by atomic mass is 32.2. The third kappa shape index (κ3) is 4.57. The molecule has 7 heteroatoms. The number of thioether (sulfide) groups is 1. The van der Waals surface area contributed by atoms with Crippen LogP contribution in [0.2, 0.25) is 0 Å². The molecule has 112 valence electrons. The van der Waals surface area contributed by atoms with Crippen LogP contribution >= 0.6 is 11.8 Å². The van der Waals surface area contributed by atoms with Crippen LogP contribution in [0.1, 0.15) is 17.0 Å². The van der Waals surface area contributed by atoms with Gasteiger partial charge in [0.25, 0.3) is 5.22 Å². The van der Waals surface area contributed by atoms with E-state index in [-0.39, 0.29) is 11.7 Å². The molecule has 1 heterocycles. The minimum atomic E-state index is -0.106. The molecule has 21 heavy (non-hydrogen) atoms. The first-order chi connectivity index (χ1) is 10.1. The van der Waals surface area contributed by atoms with Gasteiger partial charge in [-0.1, -0.05) is 29.5 Å². The fourth-order valence-electron chi connectivity index (χ4n) is 1.79. The van der Waals surface area contributed by atoms with Crippen LogP contribution in [-0.4, -0.2) is 28.4 Å². The Hall–Kier alpha value is -1.86. The highest BCUT2D eigenvalue weighted by Gasteiger charge is 2.10. The van der Waals surface area contributed by atoms with Crippen molar-refractivity contribution in [3.8, 4) is 0 Å². The summed E-state index contributed by atoms with van der Waals surface area (Å²) in [5.41, 5.74) is 8.43. The highest BCUT2D eigenvalue weighted by Crippen LogP contribution is 2.19. The van der Waals surface area contributed by atoms with Crippen LogP contribution in [0.5, 0.6) is 0 Å². The number of anilines is 1. The lowest BCUT2D eigenvalue weighted by atomic mass is 10.1. The van der Waals surface area contributed by atoms with Crippen molar-refractivity contribution in [2.75, 3.05) is 17.6 Å². The molecule has 2 rings (SSSR count). The summed E-state index contributed by atoms with van der Waals surface area (Å²) in [5, 5.41) is 10.9. The van der Waals surface area contributed by atoms with Gasteiger partial charge in [-0.25, -0.2) is 0 Å². The molecule has 0 unspecified atom stereocenters. The number of amides is 1. The maximum Gasteiger partial charge on any atom is 0.277 e. The van der Waals surface area contributed by atoms with Crippen molar-refractivity contribution in [2.24, 2.45) is 5.73 Å². The average Bonchev–Trinajstić information content (AvgIpc) is 2.88. The largest absolute Gasteiger partial charge is 0.416 e. The number of carbonyl (C=O) groups excluding carboxylic acids is 1. The molecule has 0 spiro atoms. The van der Waals surface area contributed by atoms with Crippen LogP contribution in [-0.2, 0) is 11.2 Å². The molecule has 0 radical (unpaired) electrons. The van der Waals surface area contributed by atoms with Crippen molar-refractivity contribution in [2.45, 2.75) is 25.5 Å². The number of benzene rings is 1. The lowest BCUT2D eigenvalue weighted by Gasteiger charge is -2.08. The zero-order valence-electron chi connectivity index (χ0n) is 12.0. The molecule has 1 aromatic heterocycles. The Morgan fingerprint density at radius 1 is 1.38 bits per heavy atom. The van der Waals surface area contributed by atoms with E-state index in [9.17, 15) is 4.79 Å². The summed E-state index contributed by atoms with van der Waals surface area (Å²) in [6.45, 7) is 4.44. The molecule has 0 atom stereocenters. The number of hydrogen-bond acceptors (Lipinski definition) is 6. The summed E-state index contributed by atoms with van der Waals surface area (Å²) in [6, 6.07) is 5.89. The molecule has 1 amide bonds. The number of nitrogens with two attached hydrogens (primary N) is 1. The van der Waals surface area contributed by atoms with Crippen molar-refractivity contribution in [3.63, 3.8) is 0 Å². The second kappa shape index (κ2) is 7.24. The first-order valence-electron chi connectivity index (χ1n) is 6.61. The van der Waals surface area contributed by atoms with E-state index in [4.69, 9.17) is 10.2 Å². The zero-order valence-corrected chi connectivity index (χ0v) is 12.9. The second-order valence-corrected chi connectivity index (χ2v) is 5.58. The topological polar surface area (TPSA) is 94.0 Å². The van der Waals surface area contributed by atoms with E-state index < -0.39 is 0 Å². The van der Waals surface area contributed by atoms with Crippen LogP contribution in [0.4, 0.5) is 5.69 Å². The number of carbonyl (C=O) groups is 1. The highest BCUT2D eigenvalue weighted by molar-refractivity contribution is 7.99. The van der Waals surface area contributed by atoms with Crippen LogP contribution in [0, 0.1) is 13.8 Å². The predicted octanol–water partition coefficient (Wildman–Crippen LogP) is 1.92. The number of hydrogen-bond donors (Lipinski definition) is 2. The van der Waals surface area contributed by atoms with Crippen LogP contribution < -0.4 is 11.1 Å². The number of rotatable bonds is 6. The minimum Gasteiger partial charge on any atom is -0.416 e. The van der Waals surface area contributed by atoms with Crippen LogP contribution in [0.25, 0.3) is 0 Å². The molecule has 6 nitrogen and oxygen atoms in total. The van der Waals surface area contributed by atoms with Gasteiger partial charge in [-0.3, -0.25) is 4.79 Å². The molecule has 1 aromatic carbocycles. The smallest absolute Gasteiger partial charge is 0.277 e. The lowest BCUT2D eigenvalue weighted by Crippen LogP contribution is -2.14. The number of nitrogens with one attached hydrogen (secondary N) is 1. The van der Waals surface area contributed by atoms with Gasteiger partial charge in [0.15, 0.2) is 0 Å². The molecular weight excluding hydrogens is 288 g/mol. The Morgan fingerprint density at radius 3 is 2.90 bits per heavy atom. The minimum absolute atomic E-state index is 0.106. The van der Waals surface area contributed by atoms with Gasteiger partial charge in [0.05, 0.1) is 5.75 Å². The van der Waals surface area contributed by atoms with E-state index in [1.165, 1.54) is 11.8 Å². The Kier molecular flexibility index (Phi) is 5.35. The molecule has 0 saturated carbocycles. The SMILES string of the molecule is Cc1ccc(NC(=O)CSc2nnc(CCN)o2)c(C)c1. The molecule has 3 N–H and O–H groups in total. The molecule has 0 saturated heterocycles. The zero-order chi connectivity index (χ0) is 15.2. The quantitative estimate of drug-likeness (QED) is 0.792.